The number of hydrogen-bond donors (Lipinski definition) is 1. The van der Waals surface area contributed by atoms with Gasteiger partial charge in [0.05, 0.1) is 11.1 Å². The van der Waals surface area contributed by atoms with Crippen LogP contribution in [0.4, 0.5) is 10.1 Å². The summed E-state index contributed by atoms with van der Waals surface area (Å²) in [6.45, 7) is -0.0773. The Bertz CT molecular complexity index is 699. The van der Waals surface area contributed by atoms with Gasteiger partial charge >= 0.3 is 5.97 Å². The maximum absolute atomic E-state index is 13.2. The summed E-state index contributed by atoms with van der Waals surface area (Å²) in [7, 11) is 0. The van der Waals surface area contributed by atoms with Gasteiger partial charge in [0.2, 0.25) is 0 Å². The van der Waals surface area contributed by atoms with E-state index < -0.39 is 16.7 Å². The fraction of sp³-hybridized carbons (Fsp3) is 0.0833. The van der Waals surface area contributed by atoms with Gasteiger partial charge in [-0.25, -0.2) is 9.18 Å². The zero-order valence-corrected chi connectivity index (χ0v) is 10.7. The first-order valence-corrected chi connectivity index (χ1v) is 5.78. The number of rotatable bonds is 4. The fourth-order valence-corrected chi connectivity index (χ4v) is 1.93. The fourth-order valence-electron chi connectivity index (χ4n) is 1.75. The number of nitro groups is 1. The SMILES string of the molecule is O=C(O)c1cc([N+](=O)[O-])cn1Cc1cc(F)ccc1Cl. The summed E-state index contributed by atoms with van der Waals surface area (Å²) in [4.78, 5) is 21.0. The lowest BCUT2D eigenvalue weighted by atomic mass is 10.2. The van der Waals surface area contributed by atoms with Gasteiger partial charge in [0.25, 0.3) is 5.69 Å². The van der Waals surface area contributed by atoms with E-state index >= 15 is 0 Å². The Hall–Kier alpha value is -2.41. The average molecular weight is 299 g/mol. The minimum absolute atomic E-state index is 0.0773. The second-order valence-electron chi connectivity index (χ2n) is 4.01. The van der Waals surface area contributed by atoms with E-state index in [1.165, 1.54) is 12.1 Å². The van der Waals surface area contributed by atoms with Gasteiger partial charge in [-0.2, -0.15) is 0 Å². The molecule has 2 aromatic rings. The van der Waals surface area contributed by atoms with E-state index in [9.17, 15) is 19.3 Å². The second-order valence-corrected chi connectivity index (χ2v) is 4.42. The number of carboxylic acid groups (broad SMARTS) is 1. The number of benzene rings is 1. The predicted molar refractivity (Wildman–Crippen MR) is 68.6 cm³/mol. The molecule has 0 saturated heterocycles. The van der Waals surface area contributed by atoms with E-state index in [0.717, 1.165) is 22.9 Å². The summed E-state index contributed by atoms with van der Waals surface area (Å²) in [6.07, 6.45) is 1.07. The van der Waals surface area contributed by atoms with Crippen molar-refractivity contribution in [3.8, 4) is 0 Å². The van der Waals surface area contributed by atoms with Crippen molar-refractivity contribution in [1.82, 2.24) is 4.57 Å². The van der Waals surface area contributed by atoms with E-state index in [4.69, 9.17) is 16.7 Å². The third-order valence-electron chi connectivity index (χ3n) is 2.66. The van der Waals surface area contributed by atoms with E-state index in [0.29, 0.717) is 5.56 Å². The normalized spacial score (nSPS) is 10.5. The first-order chi connectivity index (χ1) is 9.38. The number of nitrogens with zero attached hydrogens (tertiary/aromatic N) is 2. The second kappa shape index (κ2) is 5.30. The molecule has 2 rings (SSSR count). The summed E-state index contributed by atoms with van der Waals surface area (Å²) in [5.41, 5.74) is -0.286. The van der Waals surface area contributed by atoms with Crippen LogP contribution in [0.25, 0.3) is 0 Å². The van der Waals surface area contributed by atoms with E-state index in [1.54, 1.807) is 0 Å². The van der Waals surface area contributed by atoms with Crippen molar-refractivity contribution in [1.29, 1.82) is 0 Å². The molecule has 0 aliphatic heterocycles. The molecule has 0 radical (unpaired) electrons. The third kappa shape index (κ3) is 2.77. The van der Waals surface area contributed by atoms with E-state index in [1.807, 2.05) is 0 Å². The van der Waals surface area contributed by atoms with Crippen LogP contribution in [0.2, 0.25) is 5.02 Å². The Balaban J connectivity index is 2.44. The van der Waals surface area contributed by atoms with Crippen molar-refractivity contribution in [2.75, 3.05) is 0 Å². The van der Waals surface area contributed by atoms with Gasteiger partial charge < -0.3 is 9.67 Å². The quantitative estimate of drug-likeness (QED) is 0.694. The number of aromatic nitrogens is 1. The van der Waals surface area contributed by atoms with Crippen molar-refractivity contribution in [2.45, 2.75) is 6.54 Å². The number of aromatic carboxylic acids is 1. The highest BCUT2D eigenvalue weighted by Gasteiger charge is 2.19. The highest BCUT2D eigenvalue weighted by molar-refractivity contribution is 6.31. The molecule has 1 aromatic carbocycles. The average Bonchev–Trinajstić information content (AvgIpc) is 2.78. The Morgan fingerprint density at radius 1 is 1.45 bits per heavy atom. The monoisotopic (exact) mass is 298 g/mol. The molecule has 0 bridgehead atoms. The summed E-state index contributed by atoms with van der Waals surface area (Å²) in [6, 6.07) is 4.60. The van der Waals surface area contributed by atoms with Crippen LogP contribution in [0, 0.1) is 15.9 Å². The van der Waals surface area contributed by atoms with E-state index in [2.05, 4.69) is 0 Å². The van der Waals surface area contributed by atoms with Crippen LogP contribution in [0.3, 0.4) is 0 Å². The van der Waals surface area contributed by atoms with Crippen LogP contribution in [0.1, 0.15) is 16.1 Å². The summed E-state index contributed by atoms with van der Waals surface area (Å²) >= 11 is 5.89. The minimum Gasteiger partial charge on any atom is -0.477 e. The van der Waals surface area contributed by atoms with Gasteiger partial charge in [-0.05, 0) is 23.8 Å². The van der Waals surface area contributed by atoms with Gasteiger partial charge in [0.15, 0.2) is 0 Å². The topological polar surface area (TPSA) is 85.4 Å². The lowest BCUT2D eigenvalue weighted by Gasteiger charge is -2.07. The van der Waals surface area contributed by atoms with Crippen LogP contribution in [-0.4, -0.2) is 20.6 Å². The summed E-state index contributed by atoms with van der Waals surface area (Å²) < 4.78 is 14.3. The minimum atomic E-state index is -1.31. The smallest absolute Gasteiger partial charge is 0.352 e. The van der Waals surface area contributed by atoms with Gasteiger partial charge in [0.1, 0.15) is 11.5 Å². The van der Waals surface area contributed by atoms with Crippen LogP contribution >= 0.6 is 11.6 Å². The molecular formula is C12H8ClFN2O4. The molecule has 0 aliphatic rings. The van der Waals surface area contributed by atoms with Crippen LogP contribution in [0.5, 0.6) is 0 Å². The molecule has 0 saturated carbocycles. The van der Waals surface area contributed by atoms with Gasteiger partial charge in [-0.15, -0.1) is 0 Å². The number of halogens is 2. The Morgan fingerprint density at radius 2 is 2.15 bits per heavy atom. The molecule has 104 valence electrons. The first kappa shape index (κ1) is 14.0. The van der Waals surface area contributed by atoms with Crippen molar-refractivity contribution in [2.24, 2.45) is 0 Å². The molecule has 1 heterocycles. The standard InChI is InChI=1S/C12H8ClFN2O4/c13-10-2-1-8(14)3-7(10)5-15-6-9(16(19)20)4-11(15)12(17)18/h1-4,6H,5H2,(H,17,18). The highest BCUT2D eigenvalue weighted by Crippen LogP contribution is 2.22. The Morgan fingerprint density at radius 3 is 2.75 bits per heavy atom. The Kier molecular flexibility index (Phi) is 3.71. The highest BCUT2D eigenvalue weighted by atomic mass is 35.5. The molecule has 8 heteroatoms. The van der Waals surface area contributed by atoms with Crippen LogP contribution in [-0.2, 0) is 6.54 Å². The molecule has 0 atom stereocenters. The zero-order valence-electron chi connectivity index (χ0n) is 9.92. The van der Waals surface area contributed by atoms with Gasteiger partial charge in [0, 0.05) is 17.6 Å². The maximum atomic E-state index is 13.2. The third-order valence-corrected chi connectivity index (χ3v) is 3.03. The van der Waals surface area contributed by atoms with E-state index in [-0.39, 0.29) is 22.9 Å². The van der Waals surface area contributed by atoms with Gasteiger partial charge in [-0.3, -0.25) is 10.1 Å². The van der Waals surface area contributed by atoms with Crippen molar-refractivity contribution in [3.63, 3.8) is 0 Å². The number of carboxylic acids is 1. The lowest BCUT2D eigenvalue weighted by Crippen LogP contribution is -2.08. The Labute approximate surface area is 117 Å². The largest absolute Gasteiger partial charge is 0.477 e. The summed E-state index contributed by atoms with van der Waals surface area (Å²) in [5.74, 6) is -1.84. The predicted octanol–water partition coefficient (Wildman–Crippen LogP) is 2.94. The molecule has 0 aliphatic carbocycles. The molecule has 20 heavy (non-hydrogen) atoms. The van der Waals surface area contributed by atoms with Crippen molar-refractivity contribution >= 4 is 23.3 Å². The number of carbonyl (C=O) groups is 1. The molecule has 0 amide bonds. The molecular weight excluding hydrogens is 291 g/mol. The molecule has 0 fully saturated rings. The molecule has 0 unspecified atom stereocenters. The summed E-state index contributed by atoms with van der Waals surface area (Å²) in [5, 5.41) is 19.9. The molecule has 1 N–H and O–H groups in total. The first-order valence-electron chi connectivity index (χ1n) is 5.40. The van der Waals surface area contributed by atoms with Crippen LogP contribution in [0.15, 0.2) is 30.5 Å². The zero-order chi connectivity index (χ0) is 14.9. The van der Waals surface area contributed by atoms with Crippen LogP contribution < -0.4 is 0 Å². The lowest BCUT2D eigenvalue weighted by molar-refractivity contribution is -0.384. The van der Waals surface area contributed by atoms with Crippen molar-refractivity contribution < 1.29 is 19.2 Å². The maximum Gasteiger partial charge on any atom is 0.352 e. The molecule has 0 spiro atoms. The number of hydrogen-bond acceptors (Lipinski definition) is 3. The molecule has 1 aromatic heterocycles. The van der Waals surface area contributed by atoms with Gasteiger partial charge in [-0.1, -0.05) is 11.6 Å². The molecule has 6 nitrogen and oxygen atoms in total. The van der Waals surface area contributed by atoms with Crippen molar-refractivity contribution in [3.05, 3.63) is 62.7 Å².